The van der Waals surface area contributed by atoms with Crippen LogP contribution in [0.2, 0.25) is 0 Å². The molecule has 1 aliphatic carbocycles. The van der Waals surface area contributed by atoms with Crippen LogP contribution in [-0.2, 0) is 19.6 Å². The summed E-state index contributed by atoms with van der Waals surface area (Å²) in [6, 6.07) is 38.6. The van der Waals surface area contributed by atoms with Crippen LogP contribution in [0.3, 0.4) is 0 Å². The van der Waals surface area contributed by atoms with E-state index in [1.54, 1.807) is 12.1 Å². The molecule has 8 nitrogen and oxygen atoms in total. The van der Waals surface area contributed by atoms with Crippen molar-refractivity contribution in [1.29, 1.82) is 0 Å². The van der Waals surface area contributed by atoms with E-state index in [9.17, 15) is 13.2 Å². The molecule has 0 bridgehead atoms. The topological polar surface area (TPSA) is 109 Å². The lowest BCUT2D eigenvalue weighted by Crippen LogP contribution is -2.42. The average molecular weight is 836 g/mol. The Bertz CT molecular complexity index is 2500. The minimum atomic E-state index is -3.92. The van der Waals surface area contributed by atoms with Crippen molar-refractivity contribution in [2.45, 2.75) is 97.6 Å². The summed E-state index contributed by atoms with van der Waals surface area (Å²) < 4.78 is 36.8. The second-order valence-corrected chi connectivity index (χ2v) is 18.9. The van der Waals surface area contributed by atoms with E-state index in [4.69, 9.17) is 4.74 Å². The van der Waals surface area contributed by atoms with E-state index in [0.29, 0.717) is 11.8 Å². The molecule has 7 rings (SSSR count). The standard InChI is InChI=1S/C52H59N4O4S/c1-9-52(6,7)51(57)60-45-21-11-10-20-44(45)56-43-32-31-42(48-41(43)19-14-22-46(48)61(58,59)53-8)47(37-23-27-39(28-24-37)54-49-33(2)15-12-16-34(49)3)38-25-29-40(30-26-38)55-50-35(4)17-13-18-36(50)5/h12-19,22-32,44-45,53-56H,9-11,20-21H2,1-8H3/q+1. The molecule has 4 N–H and O–H groups in total. The molecule has 1 saturated carbocycles. The molecule has 0 saturated heterocycles. The van der Waals surface area contributed by atoms with Gasteiger partial charge in [0, 0.05) is 28.1 Å². The number of anilines is 5. The smallest absolute Gasteiger partial charge is 0.311 e. The number of para-hydroxylation sites is 2. The quantitative estimate of drug-likeness (QED) is 0.0491. The number of nitrogens with one attached hydrogen (secondary N) is 4. The average Bonchev–Trinajstić information content (AvgIpc) is 3.25. The van der Waals surface area contributed by atoms with Crippen molar-refractivity contribution in [2.75, 3.05) is 23.0 Å². The third-order valence-electron chi connectivity index (χ3n) is 12.4. The zero-order valence-electron chi connectivity index (χ0n) is 36.7. The summed E-state index contributed by atoms with van der Waals surface area (Å²) in [6.45, 7) is 14.3. The van der Waals surface area contributed by atoms with Crippen LogP contribution in [0, 0.1) is 39.0 Å². The molecule has 2 unspecified atom stereocenters. The van der Waals surface area contributed by atoms with E-state index in [0.717, 1.165) is 104 Å². The van der Waals surface area contributed by atoms with Gasteiger partial charge in [-0.2, -0.15) is 0 Å². The Morgan fingerprint density at radius 1 is 0.705 bits per heavy atom. The highest BCUT2D eigenvalue weighted by Crippen LogP contribution is 2.42. The number of benzene rings is 6. The summed E-state index contributed by atoms with van der Waals surface area (Å²) >= 11 is 0. The van der Waals surface area contributed by atoms with Crippen LogP contribution in [0.25, 0.3) is 10.8 Å². The van der Waals surface area contributed by atoms with Gasteiger partial charge in [0.05, 0.1) is 45.1 Å². The van der Waals surface area contributed by atoms with Crippen LogP contribution < -0.4 is 20.7 Å². The molecule has 0 heterocycles. The summed E-state index contributed by atoms with van der Waals surface area (Å²) in [5.74, 6) is 0.694. The lowest BCUT2D eigenvalue weighted by Gasteiger charge is -2.35. The van der Waals surface area contributed by atoms with Crippen LogP contribution in [0.1, 0.15) is 91.8 Å². The van der Waals surface area contributed by atoms with Gasteiger partial charge >= 0.3 is 5.97 Å². The maximum Gasteiger partial charge on any atom is 0.311 e. The Morgan fingerprint density at radius 2 is 1.21 bits per heavy atom. The van der Waals surface area contributed by atoms with E-state index in [1.807, 2.05) is 39.0 Å². The Hall–Kier alpha value is -5.77. The number of carbonyl (C=O) groups is 1. The molecule has 0 aliphatic heterocycles. The molecular weight excluding hydrogens is 777 g/mol. The molecule has 0 amide bonds. The second kappa shape index (κ2) is 18.1. The first-order valence-electron chi connectivity index (χ1n) is 21.4. The van der Waals surface area contributed by atoms with Crippen molar-refractivity contribution >= 4 is 55.2 Å². The largest absolute Gasteiger partial charge is 0.460 e. The van der Waals surface area contributed by atoms with Gasteiger partial charge in [-0.15, -0.1) is 0 Å². The molecule has 0 aromatic heterocycles. The molecule has 9 heteroatoms. The third-order valence-corrected chi connectivity index (χ3v) is 13.9. The molecule has 6 aromatic rings. The molecule has 1 fully saturated rings. The van der Waals surface area contributed by atoms with Gasteiger partial charge in [-0.1, -0.05) is 55.8 Å². The molecule has 0 spiro atoms. The lowest BCUT2D eigenvalue weighted by molar-refractivity contribution is -0.161. The van der Waals surface area contributed by atoms with E-state index in [2.05, 4.69) is 133 Å². The summed E-state index contributed by atoms with van der Waals surface area (Å²) in [5.41, 5.74) is 11.5. The summed E-state index contributed by atoms with van der Waals surface area (Å²) in [5, 5.41) is 12.4. The fourth-order valence-corrected chi connectivity index (χ4v) is 9.28. The van der Waals surface area contributed by atoms with Gasteiger partial charge in [-0.05, 0) is 169 Å². The molecule has 6 aromatic carbocycles. The lowest BCUT2D eigenvalue weighted by atomic mass is 9.82. The number of ether oxygens (including phenoxy) is 1. The first-order valence-corrected chi connectivity index (χ1v) is 22.9. The normalized spacial score (nSPS) is 15.6. The number of hydrogen-bond acceptors (Lipinski definition) is 7. The van der Waals surface area contributed by atoms with E-state index in [1.165, 1.54) is 7.05 Å². The van der Waals surface area contributed by atoms with Gasteiger partial charge in [0.25, 0.3) is 0 Å². The Balaban J connectivity index is 1.35. The Labute approximate surface area is 362 Å². The van der Waals surface area contributed by atoms with Gasteiger partial charge in [-0.3, -0.25) is 4.79 Å². The first-order chi connectivity index (χ1) is 29.2. The van der Waals surface area contributed by atoms with Gasteiger partial charge in [-0.25, -0.2) is 13.1 Å². The minimum Gasteiger partial charge on any atom is -0.460 e. The highest BCUT2D eigenvalue weighted by Gasteiger charge is 2.35. The van der Waals surface area contributed by atoms with Crippen molar-refractivity contribution < 1.29 is 17.9 Å². The first kappa shape index (κ1) is 43.3. The summed E-state index contributed by atoms with van der Waals surface area (Å²) in [6.07, 6.45) is 3.94. The molecule has 0 radical (unpaired) electrons. The van der Waals surface area contributed by atoms with Gasteiger partial charge in [0.2, 0.25) is 10.0 Å². The van der Waals surface area contributed by atoms with E-state index in [-0.39, 0.29) is 23.0 Å². The number of aryl methyl sites for hydroxylation is 4. The van der Waals surface area contributed by atoms with Crippen molar-refractivity contribution in [3.05, 3.63) is 160 Å². The monoisotopic (exact) mass is 835 g/mol. The number of esters is 1. The number of sulfonamides is 1. The van der Waals surface area contributed by atoms with Gasteiger partial charge < -0.3 is 20.7 Å². The third kappa shape index (κ3) is 9.28. The van der Waals surface area contributed by atoms with E-state index >= 15 is 0 Å². The number of rotatable bonds is 14. The SMILES string of the molecule is CCC(C)(C)C(=O)OC1CCCCC1Nc1ccc([C+](c2ccc(Nc3c(C)cccc3C)cc2)c2ccc(Nc3c(C)cccc3C)cc2)c2c(S(=O)(=O)NC)cccc12. The highest BCUT2D eigenvalue weighted by molar-refractivity contribution is 7.89. The zero-order valence-corrected chi connectivity index (χ0v) is 37.5. The van der Waals surface area contributed by atoms with Gasteiger partial charge in [0.1, 0.15) is 11.0 Å². The summed E-state index contributed by atoms with van der Waals surface area (Å²) in [4.78, 5) is 13.5. The van der Waals surface area contributed by atoms with Gasteiger partial charge in [0.15, 0.2) is 0 Å². The fourth-order valence-electron chi connectivity index (χ4n) is 8.32. The Kier molecular flexibility index (Phi) is 12.8. The molecule has 1 aliphatic rings. The van der Waals surface area contributed by atoms with Crippen LogP contribution in [0.4, 0.5) is 28.4 Å². The minimum absolute atomic E-state index is 0.138. The maximum atomic E-state index is 14.0. The number of carbonyl (C=O) groups excluding carboxylic acids is 1. The fraction of sp³-hybridized carbons (Fsp3) is 0.308. The Morgan fingerprint density at radius 3 is 1.72 bits per heavy atom. The van der Waals surface area contributed by atoms with Crippen molar-refractivity contribution in [1.82, 2.24) is 4.72 Å². The van der Waals surface area contributed by atoms with Crippen molar-refractivity contribution in [2.24, 2.45) is 5.41 Å². The predicted octanol–water partition coefficient (Wildman–Crippen LogP) is 12.2. The summed E-state index contributed by atoms with van der Waals surface area (Å²) in [7, 11) is -2.47. The maximum absolute atomic E-state index is 14.0. The molecular formula is C52H59N4O4S+. The van der Waals surface area contributed by atoms with Crippen LogP contribution in [0.5, 0.6) is 0 Å². The van der Waals surface area contributed by atoms with Crippen LogP contribution in [0.15, 0.2) is 120 Å². The van der Waals surface area contributed by atoms with Crippen molar-refractivity contribution in [3.8, 4) is 0 Å². The molecule has 61 heavy (non-hydrogen) atoms. The van der Waals surface area contributed by atoms with Crippen molar-refractivity contribution in [3.63, 3.8) is 0 Å². The highest BCUT2D eigenvalue weighted by atomic mass is 32.2. The number of hydrogen-bond donors (Lipinski definition) is 4. The molecule has 2 atom stereocenters. The van der Waals surface area contributed by atoms with Crippen LogP contribution >= 0.6 is 0 Å². The number of fused-ring (bicyclic) bond motifs is 1. The second-order valence-electron chi connectivity index (χ2n) is 17.1. The molecule has 316 valence electrons. The van der Waals surface area contributed by atoms with Crippen LogP contribution in [-0.4, -0.2) is 33.6 Å². The van der Waals surface area contributed by atoms with E-state index < -0.39 is 15.4 Å². The predicted molar refractivity (Wildman–Crippen MR) is 252 cm³/mol. The zero-order chi connectivity index (χ0) is 43.5.